The molecule has 3 heteroatoms. The fourth-order valence-electron chi connectivity index (χ4n) is 1.93. The molecule has 0 radical (unpaired) electrons. The number of rotatable bonds is 3. The molecule has 0 amide bonds. The molecule has 2 aromatic rings. The summed E-state index contributed by atoms with van der Waals surface area (Å²) in [6.45, 7) is 2.66. The van der Waals surface area contributed by atoms with Gasteiger partial charge in [0, 0.05) is 23.8 Å². The second kappa shape index (κ2) is 5.55. The Hall–Kier alpha value is -1.32. The average molecular weight is 305 g/mol. The summed E-state index contributed by atoms with van der Waals surface area (Å²) in [5, 5.41) is 0. The SMILES string of the molecule is Cc1cccc(N(C)c2ccc(CN)cc2Br)c1. The maximum Gasteiger partial charge on any atom is 0.0552 e. The van der Waals surface area contributed by atoms with Crippen molar-refractivity contribution in [2.24, 2.45) is 5.73 Å². The first-order valence-electron chi connectivity index (χ1n) is 5.90. The van der Waals surface area contributed by atoms with Gasteiger partial charge in [0.05, 0.1) is 5.69 Å². The number of halogens is 1. The third kappa shape index (κ3) is 2.74. The third-order valence-electron chi connectivity index (χ3n) is 3.00. The molecule has 0 atom stereocenters. The molecule has 18 heavy (non-hydrogen) atoms. The Morgan fingerprint density at radius 2 is 1.94 bits per heavy atom. The van der Waals surface area contributed by atoms with Gasteiger partial charge in [0.15, 0.2) is 0 Å². The van der Waals surface area contributed by atoms with Crippen LogP contribution < -0.4 is 10.6 Å². The maximum absolute atomic E-state index is 5.64. The molecule has 0 aromatic heterocycles. The standard InChI is InChI=1S/C15H17BrN2/c1-11-4-3-5-13(8-11)18(2)15-7-6-12(10-17)9-14(15)16/h3-9H,10,17H2,1-2H3. The lowest BCUT2D eigenvalue weighted by molar-refractivity contribution is 1.06. The van der Waals surface area contributed by atoms with Gasteiger partial charge in [-0.05, 0) is 58.2 Å². The van der Waals surface area contributed by atoms with Gasteiger partial charge in [0.1, 0.15) is 0 Å². The van der Waals surface area contributed by atoms with Crippen molar-refractivity contribution in [1.82, 2.24) is 0 Å². The highest BCUT2D eigenvalue weighted by Crippen LogP contribution is 2.31. The first-order valence-corrected chi connectivity index (χ1v) is 6.70. The molecule has 2 nitrogen and oxygen atoms in total. The smallest absolute Gasteiger partial charge is 0.0552 e. The fraction of sp³-hybridized carbons (Fsp3) is 0.200. The van der Waals surface area contributed by atoms with E-state index in [0.717, 1.165) is 15.7 Å². The molecule has 0 aliphatic heterocycles. The van der Waals surface area contributed by atoms with E-state index < -0.39 is 0 Å². The Morgan fingerprint density at radius 1 is 1.17 bits per heavy atom. The summed E-state index contributed by atoms with van der Waals surface area (Å²) in [5.41, 5.74) is 10.3. The van der Waals surface area contributed by atoms with Crippen LogP contribution in [0.5, 0.6) is 0 Å². The van der Waals surface area contributed by atoms with E-state index >= 15 is 0 Å². The number of hydrogen-bond acceptors (Lipinski definition) is 2. The Bertz CT molecular complexity index is 552. The predicted molar refractivity (Wildman–Crippen MR) is 81.3 cm³/mol. The molecule has 2 rings (SSSR count). The summed E-state index contributed by atoms with van der Waals surface area (Å²) in [6.07, 6.45) is 0. The summed E-state index contributed by atoms with van der Waals surface area (Å²) >= 11 is 3.61. The second-order valence-electron chi connectivity index (χ2n) is 4.39. The van der Waals surface area contributed by atoms with Gasteiger partial charge in [-0.2, -0.15) is 0 Å². The Kier molecular flexibility index (Phi) is 4.04. The number of hydrogen-bond donors (Lipinski definition) is 1. The highest BCUT2D eigenvalue weighted by Gasteiger charge is 2.08. The van der Waals surface area contributed by atoms with Gasteiger partial charge in [0.25, 0.3) is 0 Å². The van der Waals surface area contributed by atoms with Crippen LogP contribution in [0.15, 0.2) is 46.9 Å². The molecule has 0 spiro atoms. The minimum Gasteiger partial charge on any atom is -0.344 e. The molecular formula is C15H17BrN2. The van der Waals surface area contributed by atoms with E-state index in [4.69, 9.17) is 5.73 Å². The molecule has 0 heterocycles. The van der Waals surface area contributed by atoms with E-state index in [1.54, 1.807) is 0 Å². The van der Waals surface area contributed by atoms with Crippen LogP contribution in [0.25, 0.3) is 0 Å². The number of benzene rings is 2. The molecular weight excluding hydrogens is 288 g/mol. The van der Waals surface area contributed by atoms with Crippen LogP contribution in [-0.2, 0) is 6.54 Å². The molecule has 2 N–H and O–H groups in total. The lowest BCUT2D eigenvalue weighted by Gasteiger charge is -2.21. The molecule has 0 aliphatic carbocycles. The van der Waals surface area contributed by atoms with Crippen LogP contribution in [0.2, 0.25) is 0 Å². The van der Waals surface area contributed by atoms with Crippen molar-refractivity contribution in [3.05, 3.63) is 58.1 Å². The zero-order valence-corrected chi connectivity index (χ0v) is 12.2. The number of aryl methyl sites for hydroxylation is 1. The zero-order chi connectivity index (χ0) is 13.1. The normalized spacial score (nSPS) is 10.4. The summed E-state index contributed by atoms with van der Waals surface area (Å²) in [5.74, 6) is 0. The van der Waals surface area contributed by atoms with Gasteiger partial charge in [-0.1, -0.05) is 18.2 Å². The van der Waals surface area contributed by atoms with E-state index in [-0.39, 0.29) is 0 Å². The molecule has 0 unspecified atom stereocenters. The van der Waals surface area contributed by atoms with Gasteiger partial charge in [0.2, 0.25) is 0 Å². The summed E-state index contributed by atoms with van der Waals surface area (Å²) in [6, 6.07) is 14.7. The molecule has 0 bridgehead atoms. The summed E-state index contributed by atoms with van der Waals surface area (Å²) in [4.78, 5) is 2.16. The lowest BCUT2D eigenvalue weighted by atomic mass is 10.1. The minimum atomic E-state index is 0.563. The van der Waals surface area contributed by atoms with Crippen molar-refractivity contribution in [3.63, 3.8) is 0 Å². The van der Waals surface area contributed by atoms with Crippen LogP contribution in [0.3, 0.4) is 0 Å². The van der Waals surface area contributed by atoms with Gasteiger partial charge in [-0.3, -0.25) is 0 Å². The van der Waals surface area contributed by atoms with E-state index in [9.17, 15) is 0 Å². The lowest BCUT2D eigenvalue weighted by Crippen LogP contribution is -2.10. The Labute approximate surface area is 117 Å². The first kappa shape index (κ1) is 13.1. The van der Waals surface area contributed by atoms with Crippen LogP contribution >= 0.6 is 15.9 Å². The Morgan fingerprint density at radius 3 is 2.56 bits per heavy atom. The molecule has 0 saturated heterocycles. The quantitative estimate of drug-likeness (QED) is 0.929. The van der Waals surface area contributed by atoms with Gasteiger partial charge < -0.3 is 10.6 Å². The number of nitrogens with two attached hydrogens (primary N) is 1. The van der Waals surface area contributed by atoms with Crippen LogP contribution in [-0.4, -0.2) is 7.05 Å². The third-order valence-corrected chi connectivity index (χ3v) is 3.63. The van der Waals surface area contributed by atoms with Crippen molar-refractivity contribution in [2.45, 2.75) is 13.5 Å². The number of nitrogens with zero attached hydrogens (tertiary/aromatic N) is 1. The zero-order valence-electron chi connectivity index (χ0n) is 10.7. The van der Waals surface area contributed by atoms with Crippen molar-refractivity contribution >= 4 is 27.3 Å². The number of anilines is 2. The van der Waals surface area contributed by atoms with E-state index in [0.29, 0.717) is 6.54 Å². The highest BCUT2D eigenvalue weighted by molar-refractivity contribution is 9.10. The van der Waals surface area contributed by atoms with Crippen molar-refractivity contribution < 1.29 is 0 Å². The van der Waals surface area contributed by atoms with Crippen LogP contribution in [0.1, 0.15) is 11.1 Å². The topological polar surface area (TPSA) is 29.3 Å². The molecule has 0 saturated carbocycles. The molecule has 2 aromatic carbocycles. The highest BCUT2D eigenvalue weighted by atomic mass is 79.9. The van der Waals surface area contributed by atoms with Crippen molar-refractivity contribution in [3.8, 4) is 0 Å². The fourth-order valence-corrected chi connectivity index (χ4v) is 2.62. The Balaban J connectivity index is 2.37. The molecule has 94 valence electrons. The van der Waals surface area contributed by atoms with E-state index in [1.165, 1.54) is 11.3 Å². The first-order chi connectivity index (χ1) is 8.61. The van der Waals surface area contributed by atoms with Crippen molar-refractivity contribution in [1.29, 1.82) is 0 Å². The predicted octanol–water partition coefficient (Wildman–Crippen LogP) is 3.98. The van der Waals surface area contributed by atoms with E-state index in [1.807, 2.05) is 0 Å². The van der Waals surface area contributed by atoms with Gasteiger partial charge in [-0.25, -0.2) is 0 Å². The summed E-state index contributed by atoms with van der Waals surface area (Å²) < 4.78 is 1.06. The molecule has 0 fully saturated rings. The van der Waals surface area contributed by atoms with Crippen LogP contribution in [0.4, 0.5) is 11.4 Å². The summed E-state index contributed by atoms with van der Waals surface area (Å²) in [7, 11) is 2.07. The maximum atomic E-state index is 5.64. The van der Waals surface area contributed by atoms with Gasteiger partial charge >= 0.3 is 0 Å². The molecule has 0 aliphatic rings. The largest absolute Gasteiger partial charge is 0.344 e. The van der Waals surface area contributed by atoms with Crippen LogP contribution in [0, 0.1) is 6.92 Å². The van der Waals surface area contributed by atoms with Gasteiger partial charge in [-0.15, -0.1) is 0 Å². The monoisotopic (exact) mass is 304 g/mol. The van der Waals surface area contributed by atoms with E-state index in [2.05, 4.69) is 77.3 Å². The average Bonchev–Trinajstić information content (AvgIpc) is 2.37. The minimum absolute atomic E-state index is 0.563. The second-order valence-corrected chi connectivity index (χ2v) is 5.24. The van der Waals surface area contributed by atoms with Crippen molar-refractivity contribution in [2.75, 3.05) is 11.9 Å².